The Balaban J connectivity index is 1.45. The van der Waals surface area contributed by atoms with E-state index in [4.69, 9.17) is 0 Å². The molecule has 2 aromatic carbocycles. The van der Waals surface area contributed by atoms with Crippen LogP contribution in [0.15, 0.2) is 35.2 Å². The molecule has 0 heterocycles. The van der Waals surface area contributed by atoms with Gasteiger partial charge in [-0.3, -0.25) is 9.59 Å². The Labute approximate surface area is 234 Å². The lowest BCUT2D eigenvalue weighted by molar-refractivity contribution is -0.134. The molecular weight excluding hydrogens is 522 g/mol. The summed E-state index contributed by atoms with van der Waals surface area (Å²) in [6.45, 7) is 3.15. The molecule has 0 aromatic heterocycles. The fourth-order valence-electron chi connectivity index (χ4n) is 5.09. The number of phenolic OH excluding ortho intramolecular Hbond substituents is 1. The van der Waals surface area contributed by atoms with Crippen molar-refractivity contribution in [3.63, 3.8) is 0 Å². The fourth-order valence-corrected chi connectivity index (χ4v) is 5.89. The van der Waals surface area contributed by atoms with Crippen LogP contribution < -0.4 is 16.0 Å². The number of carbonyl (C=O) groups is 2. The maximum atomic E-state index is 13.4. The van der Waals surface area contributed by atoms with Crippen LogP contribution >= 0.6 is 11.8 Å². The molecule has 10 heteroatoms. The van der Waals surface area contributed by atoms with Gasteiger partial charge in [0, 0.05) is 37.0 Å². The Hall–Kier alpha value is -2.69. The third-order valence-corrected chi connectivity index (χ3v) is 8.03. The molecule has 39 heavy (non-hydrogen) atoms. The SMILES string of the molecule is CSc1c(CCNCCN(C(=O)CCNCCc2ccc(F)c(F)c2)C2CCCCC2)ccc(O)c1NC=O. The molecule has 1 saturated carbocycles. The molecule has 0 unspecified atom stereocenters. The van der Waals surface area contributed by atoms with E-state index in [2.05, 4.69) is 16.0 Å². The van der Waals surface area contributed by atoms with E-state index in [1.807, 2.05) is 17.2 Å². The van der Waals surface area contributed by atoms with Crippen LogP contribution in [0.5, 0.6) is 5.75 Å². The summed E-state index contributed by atoms with van der Waals surface area (Å²) in [5.74, 6) is -1.51. The molecule has 214 valence electrons. The summed E-state index contributed by atoms with van der Waals surface area (Å²) in [6, 6.07) is 7.66. The van der Waals surface area contributed by atoms with E-state index in [1.54, 1.807) is 12.1 Å². The zero-order chi connectivity index (χ0) is 28.0. The second-order valence-corrected chi connectivity index (χ2v) is 10.6. The van der Waals surface area contributed by atoms with Gasteiger partial charge in [-0.1, -0.05) is 31.4 Å². The Bertz CT molecular complexity index is 1080. The number of aromatic hydroxyl groups is 1. The molecular formula is C29H40F2N4O3S. The van der Waals surface area contributed by atoms with Crippen LogP contribution in [0.2, 0.25) is 0 Å². The van der Waals surface area contributed by atoms with E-state index in [9.17, 15) is 23.5 Å². The van der Waals surface area contributed by atoms with Crippen LogP contribution in [-0.4, -0.2) is 67.3 Å². The average Bonchev–Trinajstić information content (AvgIpc) is 2.94. The molecule has 0 spiro atoms. The van der Waals surface area contributed by atoms with Crippen LogP contribution in [0, 0.1) is 11.6 Å². The molecule has 4 N–H and O–H groups in total. The standard InChI is InChI=1S/C29H40F2N4O3S/c1-39-29-22(8-10-26(37)28(29)34-20-36)12-15-33-17-18-35(23-5-3-2-4-6-23)27(38)13-16-32-14-11-21-7-9-24(30)25(31)19-21/h7-10,19-20,23,32-33,37H,2-6,11-18H2,1H3,(H,34,36). The van der Waals surface area contributed by atoms with Gasteiger partial charge in [0.1, 0.15) is 5.75 Å². The highest BCUT2D eigenvalue weighted by Crippen LogP contribution is 2.36. The lowest BCUT2D eigenvalue weighted by Gasteiger charge is -2.34. The molecule has 2 aromatic rings. The van der Waals surface area contributed by atoms with Crippen molar-refractivity contribution < 1.29 is 23.5 Å². The Morgan fingerprint density at radius 1 is 1.03 bits per heavy atom. The van der Waals surface area contributed by atoms with E-state index in [-0.39, 0.29) is 17.7 Å². The van der Waals surface area contributed by atoms with Gasteiger partial charge >= 0.3 is 0 Å². The number of halogens is 2. The highest BCUT2D eigenvalue weighted by atomic mass is 32.2. The number of carbonyl (C=O) groups excluding carboxylic acids is 2. The van der Waals surface area contributed by atoms with Crippen LogP contribution in [0.1, 0.15) is 49.7 Å². The monoisotopic (exact) mass is 562 g/mol. The van der Waals surface area contributed by atoms with Crippen molar-refractivity contribution >= 4 is 29.8 Å². The molecule has 7 nitrogen and oxygen atoms in total. The average molecular weight is 563 g/mol. The summed E-state index contributed by atoms with van der Waals surface area (Å²) in [5.41, 5.74) is 2.19. The smallest absolute Gasteiger partial charge is 0.224 e. The molecule has 3 rings (SSSR count). The van der Waals surface area contributed by atoms with Gasteiger partial charge in [0.15, 0.2) is 11.6 Å². The van der Waals surface area contributed by atoms with E-state index in [1.165, 1.54) is 24.2 Å². The minimum atomic E-state index is -0.847. The number of benzene rings is 2. The third kappa shape index (κ3) is 9.47. The molecule has 0 atom stereocenters. The first-order chi connectivity index (χ1) is 18.9. The molecule has 1 aliphatic carbocycles. The topological polar surface area (TPSA) is 93.7 Å². The fraction of sp³-hybridized carbons (Fsp3) is 0.517. The number of hydrogen-bond acceptors (Lipinski definition) is 6. The Kier molecular flexibility index (Phi) is 13.0. The number of rotatable bonds is 16. The van der Waals surface area contributed by atoms with Crippen molar-refractivity contribution in [3.05, 3.63) is 53.1 Å². The summed E-state index contributed by atoms with van der Waals surface area (Å²) in [6.07, 6.45) is 9.73. The van der Waals surface area contributed by atoms with Gasteiger partial charge in [0.25, 0.3) is 0 Å². The van der Waals surface area contributed by atoms with Crippen molar-refractivity contribution in [2.75, 3.05) is 44.3 Å². The van der Waals surface area contributed by atoms with Gasteiger partial charge in [0.2, 0.25) is 12.3 Å². The Morgan fingerprint density at radius 3 is 2.49 bits per heavy atom. The molecule has 0 saturated heterocycles. The number of anilines is 1. The number of hydrogen-bond donors (Lipinski definition) is 4. The van der Waals surface area contributed by atoms with E-state index < -0.39 is 11.6 Å². The van der Waals surface area contributed by atoms with Crippen molar-refractivity contribution in [3.8, 4) is 5.75 Å². The lowest BCUT2D eigenvalue weighted by atomic mass is 9.94. The zero-order valence-corrected chi connectivity index (χ0v) is 23.4. The molecule has 0 bridgehead atoms. The first-order valence-electron chi connectivity index (χ1n) is 13.7. The normalized spacial score (nSPS) is 13.8. The van der Waals surface area contributed by atoms with E-state index in [0.29, 0.717) is 57.7 Å². The summed E-state index contributed by atoms with van der Waals surface area (Å²) in [4.78, 5) is 27.0. The number of nitrogens with zero attached hydrogens (tertiary/aromatic N) is 1. The summed E-state index contributed by atoms with van der Waals surface area (Å²) < 4.78 is 26.5. The van der Waals surface area contributed by atoms with E-state index >= 15 is 0 Å². The summed E-state index contributed by atoms with van der Waals surface area (Å²) in [7, 11) is 0. The zero-order valence-electron chi connectivity index (χ0n) is 22.6. The molecule has 0 aliphatic heterocycles. The number of thioether (sulfide) groups is 1. The second-order valence-electron chi connectivity index (χ2n) is 9.79. The van der Waals surface area contributed by atoms with Crippen LogP contribution in [-0.2, 0) is 22.4 Å². The highest BCUT2D eigenvalue weighted by Gasteiger charge is 2.24. The predicted octanol–water partition coefficient (Wildman–Crippen LogP) is 4.48. The molecule has 1 aliphatic rings. The van der Waals surface area contributed by atoms with Gasteiger partial charge in [-0.25, -0.2) is 8.78 Å². The van der Waals surface area contributed by atoms with Crippen LogP contribution in [0.25, 0.3) is 0 Å². The maximum Gasteiger partial charge on any atom is 0.224 e. The highest BCUT2D eigenvalue weighted by molar-refractivity contribution is 7.98. The van der Waals surface area contributed by atoms with Crippen LogP contribution in [0.4, 0.5) is 14.5 Å². The van der Waals surface area contributed by atoms with Gasteiger partial charge in [0.05, 0.1) is 5.69 Å². The number of nitrogens with one attached hydrogen (secondary N) is 3. The predicted molar refractivity (Wildman–Crippen MR) is 152 cm³/mol. The van der Waals surface area contributed by atoms with Gasteiger partial charge in [-0.05, 0) is 74.4 Å². The molecule has 0 radical (unpaired) electrons. The maximum absolute atomic E-state index is 13.4. The van der Waals surface area contributed by atoms with Gasteiger partial charge in [-0.2, -0.15) is 0 Å². The van der Waals surface area contributed by atoms with Gasteiger partial charge < -0.3 is 26.0 Å². The largest absolute Gasteiger partial charge is 0.506 e. The minimum absolute atomic E-state index is 0.0450. The Morgan fingerprint density at radius 2 is 1.77 bits per heavy atom. The van der Waals surface area contributed by atoms with Gasteiger partial charge in [-0.15, -0.1) is 11.8 Å². The summed E-state index contributed by atoms with van der Waals surface area (Å²) in [5, 5.41) is 19.4. The summed E-state index contributed by atoms with van der Waals surface area (Å²) >= 11 is 1.48. The quantitative estimate of drug-likeness (QED) is 0.104. The van der Waals surface area contributed by atoms with Crippen molar-refractivity contribution in [1.29, 1.82) is 0 Å². The van der Waals surface area contributed by atoms with Crippen LogP contribution in [0.3, 0.4) is 0 Å². The van der Waals surface area contributed by atoms with Crippen molar-refractivity contribution in [2.45, 2.75) is 62.3 Å². The number of amides is 2. The third-order valence-electron chi connectivity index (χ3n) is 7.15. The number of phenols is 1. The van der Waals surface area contributed by atoms with Crippen molar-refractivity contribution in [1.82, 2.24) is 15.5 Å². The first kappa shape index (κ1) is 30.8. The second kappa shape index (κ2) is 16.4. The lowest BCUT2D eigenvalue weighted by Crippen LogP contribution is -2.45. The van der Waals surface area contributed by atoms with Crippen molar-refractivity contribution in [2.24, 2.45) is 0 Å². The molecule has 2 amide bonds. The minimum Gasteiger partial charge on any atom is -0.506 e. The van der Waals surface area contributed by atoms with E-state index in [0.717, 1.165) is 54.2 Å². The molecule has 1 fully saturated rings. The first-order valence-corrected chi connectivity index (χ1v) is 14.9.